The van der Waals surface area contributed by atoms with Gasteiger partial charge in [0.2, 0.25) is 5.95 Å². The minimum absolute atomic E-state index is 0.00271. The first-order valence-electron chi connectivity index (χ1n) is 8.26. The van der Waals surface area contributed by atoms with Crippen LogP contribution in [-0.4, -0.2) is 49.6 Å². The van der Waals surface area contributed by atoms with Crippen molar-refractivity contribution < 1.29 is 20.4 Å². The first-order chi connectivity index (χ1) is 13.0. The molecule has 140 valence electrons. The van der Waals surface area contributed by atoms with E-state index in [1.807, 2.05) is 0 Å². The molecule has 3 rings (SSSR count). The zero-order chi connectivity index (χ0) is 19.4. The Kier molecular flexibility index (Phi) is 5.39. The van der Waals surface area contributed by atoms with Crippen molar-refractivity contribution in [3.8, 4) is 33.9 Å². The Hall–Kier alpha value is -3.36. The van der Waals surface area contributed by atoms with Crippen LogP contribution in [-0.2, 0) is 0 Å². The summed E-state index contributed by atoms with van der Waals surface area (Å²) in [4.78, 5) is 8.21. The minimum atomic E-state index is -0.934. The van der Waals surface area contributed by atoms with Gasteiger partial charge >= 0.3 is 0 Å². The number of phenols is 2. The van der Waals surface area contributed by atoms with Gasteiger partial charge in [-0.2, -0.15) is 4.98 Å². The van der Waals surface area contributed by atoms with Gasteiger partial charge in [0.1, 0.15) is 17.3 Å². The predicted molar refractivity (Wildman–Crippen MR) is 102 cm³/mol. The number of benzene rings is 2. The summed E-state index contributed by atoms with van der Waals surface area (Å²) >= 11 is 0. The zero-order valence-corrected chi connectivity index (χ0v) is 14.4. The van der Waals surface area contributed by atoms with Crippen molar-refractivity contribution in [2.75, 3.05) is 24.2 Å². The van der Waals surface area contributed by atoms with Gasteiger partial charge < -0.3 is 31.5 Å². The van der Waals surface area contributed by atoms with Crippen molar-refractivity contribution in [1.82, 2.24) is 9.97 Å². The van der Waals surface area contributed by atoms with Crippen LogP contribution in [0.25, 0.3) is 22.4 Å². The lowest BCUT2D eigenvalue weighted by molar-refractivity contribution is 0.105. The van der Waals surface area contributed by atoms with E-state index in [2.05, 4.69) is 15.3 Å². The highest BCUT2D eigenvalue weighted by atomic mass is 16.3. The number of nitrogens with zero attached hydrogens (tertiary/aromatic N) is 2. The highest BCUT2D eigenvalue weighted by Crippen LogP contribution is 2.34. The number of aliphatic hydroxyl groups is 2. The minimum Gasteiger partial charge on any atom is -0.508 e. The van der Waals surface area contributed by atoms with Crippen molar-refractivity contribution in [3.05, 3.63) is 48.5 Å². The average molecular weight is 368 g/mol. The Balaban J connectivity index is 1.96. The van der Waals surface area contributed by atoms with Crippen LogP contribution in [0.1, 0.15) is 0 Å². The van der Waals surface area contributed by atoms with Gasteiger partial charge in [-0.1, -0.05) is 18.2 Å². The number of phenolic OH excluding ortho intramolecular Hbond substituents is 2. The van der Waals surface area contributed by atoms with Gasteiger partial charge in [-0.15, -0.1) is 0 Å². The molecule has 2 aromatic carbocycles. The highest BCUT2D eigenvalue weighted by Gasteiger charge is 2.12. The quantitative estimate of drug-likeness (QED) is 0.384. The summed E-state index contributed by atoms with van der Waals surface area (Å²) in [5.41, 5.74) is 8.32. The topological polar surface area (TPSA) is 145 Å². The molecule has 3 aromatic rings. The number of nitrogens with one attached hydrogen (secondary N) is 1. The summed E-state index contributed by atoms with van der Waals surface area (Å²) in [5, 5.41) is 40.9. The first-order valence-corrected chi connectivity index (χ1v) is 8.26. The van der Waals surface area contributed by atoms with Gasteiger partial charge in [-0.05, 0) is 35.4 Å². The van der Waals surface area contributed by atoms with E-state index in [1.54, 1.807) is 48.5 Å². The third-order valence-electron chi connectivity index (χ3n) is 3.95. The molecular weight excluding hydrogens is 348 g/mol. The molecule has 1 aromatic heterocycles. The maximum absolute atomic E-state index is 10.3. The second-order valence-electron chi connectivity index (χ2n) is 5.99. The average Bonchev–Trinajstić information content (AvgIpc) is 2.66. The maximum Gasteiger partial charge on any atom is 0.222 e. The van der Waals surface area contributed by atoms with Crippen LogP contribution in [0.5, 0.6) is 11.5 Å². The molecule has 0 saturated heterocycles. The molecule has 8 nitrogen and oxygen atoms in total. The third kappa shape index (κ3) is 4.43. The Morgan fingerprint density at radius 1 is 0.963 bits per heavy atom. The van der Waals surface area contributed by atoms with E-state index >= 15 is 0 Å². The molecule has 8 heteroatoms. The Labute approximate surface area is 155 Å². The van der Waals surface area contributed by atoms with Gasteiger partial charge in [0.25, 0.3) is 0 Å². The normalized spacial score (nSPS) is 11.9. The summed E-state index contributed by atoms with van der Waals surface area (Å²) in [6, 6.07) is 13.4. The molecular formula is C19H20N4O4. The number of hydrogen-bond donors (Lipinski definition) is 6. The summed E-state index contributed by atoms with van der Waals surface area (Å²) in [6.45, 7) is -0.290. The second kappa shape index (κ2) is 7.90. The van der Waals surface area contributed by atoms with Crippen LogP contribution in [0.2, 0.25) is 0 Å². The zero-order valence-electron chi connectivity index (χ0n) is 14.4. The first kappa shape index (κ1) is 18.4. The predicted octanol–water partition coefficient (Wildman–Crippen LogP) is 1.57. The van der Waals surface area contributed by atoms with Crippen molar-refractivity contribution in [2.45, 2.75) is 6.10 Å². The van der Waals surface area contributed by atoms with E-state index in [-0.39, 0.29) is 30.6 Å². The van der Waals surface area contributed by atoms with Crippen LogP contribution < -0.4 is 11.1 Å². The van der Waals surface area contributed by atoms with E-state index < -0.39 is 6.10 Å². The molecule has 27 heavy (non-hydrogen) atoms. The van der Waals surface area contributed by atoms with Crippen molar-refractivity contribution in [2.24, 2.45) is 0 Å². The number of rotatable bonds is 6. The molecule has 0 bridgehead atoms. The molecule has 0 aliphatic heterocycles. The molecule has 7 N–H and O–H groups in total. The van der Waals surface area contributed by atoms with Gasteiger partial charge in [0, 0.05) is 18.2 Å². The van der Waals surface area contributed by atoms with Crippen LogP contribution >= 0.6 is 0 Å². The number of aromatic hydroxyl groups is 2. The van der Waals surface area contributed by atoms with Gasteiger partial charge in [-0.3, -0.25) is 0 Å². The fourth-order valence-corrected chi connectivity index (χ4v) is 2.56. The number of aliphatic hydroxyl groups excluding tert-OH is 2. The highest BCUT2D eigenvalue weighted by molar-refractivity contribution is 5.77. The molecule has 0 spiro atoms. The number of aromatic nitrogens is 2. The second-order valence-corrected chi connectivity index (χ2v) is 5.99. The van der Waals surface area contributed by atoms with E-state index in [9.17, 15) is 15.3 Å². The standard InChI is InChI=1S/C19H20N4O4/c20-19-22-16(8-18(23-19)21-9-14(26)10-24)15-7-12(3-6-17(15)27)11-1-4-13(25)5-2-11/h1-8,14,24-27H,9-10H2,(H3,20,21,22,23). The monoisotopic (exact) mass is 368 g/mol. The van der Waals surface area contributed by atoms with Gasteiger partial charge in [0.15, 0.2) is 0 Å². The third-order valence-corrected chi connectivity index (χ3v) is 3.95. The number of nitrogens with two attached hydrogens (primary N) is 1. The number of hydrogen-bond acceptors (Lipinski definition) is 8. The molecule has 0 amide bonds. The lowest BCUT2D eigenvalue weighted by Gasteiger charge is -2.12. The van der Waals surface area contributed by atoms with Gasteiger partial charge in [0.05, 0.1) is 18.4 Å². The molecule has 0 saturated carbocycles. The van der Waals surface area contributed by atoms with E-state index in [4.69, 9.17) is 10.8 Å². The lowest BCUT2D eigenvalue weighted by Crippen LogP contribution is -2.23. The van der Waals surface area contributed by atoms with E-state index in [0.717, 1.165) is 11.1 Å². The lowest BCUT2D eigenvalue weighted by atomic mass is 10.0. The number of nitrogen functional groups attached to an aromatic ring is 1. The molecule has 0 aliphatic rings. The van der Waals surface area contributed by atoms with Crippen LogP contribution in [0.3, 0.4) is 0 Å². The van der Waals surface area contributed by atoms with E-state index in [0.29, 0.717) is 17.1 Å². The molecule has 1 heterocycles. The Morgan fingerprint density at radius 3 is 2.37 bits per heavy atom. The number of anilines is 2. The van der Waals surface area contributed by atoms with Crippen molar-refractivity contribution >= 4 is 11.8 Å². The fourth-order valence-electron chi connectivity index (χ4n) is 2.56. The smallest absolute Gasteiger partial charge is 0.222 e. The Bertz CT molecular complexity index is 931. The molecule has 0 fully saturated rings. The van der Waals surface area contributed by atoms with Gasteiger partial charge in [-0.25, -0.2) is 4.98 Å². The largest absolute Gasteiger partial charge is 0.508 e. The molecule has 0 radical (unpaired) electrons. The van der Waals surface area contributed by atoms with Crippen molar-refractivity contribution in [3.63, 3.8) is 0 Å². The summed E-state index contributed by atoms with van der Waals surface area (Å²) in [5.74, 6) is 0.557. The van der Waals surface area contributed by atoms with Crippen molar-refractivity contribution in [1.29, 1.82) is 0 Å². The fraction of sp³-hybridized carbons (Fsp3) is 0.158. The summed E-state index contributed by atoms with van der Waals surface area (Å²) in [6.07, 6.45) is -0.934. The molecule has 1 unspecified atom stereocenters. The Morgan fingerprint density at radius 2 is 1.67 bits per heavy atom. The maximum atomic E-state index is 10.3. The van der Waals surface area contributed by atoms with E-state index in [1.165, 1.54) is 0 Å². The summed E-state index contributed by atoms with van der Waals surface area (Å²) in [7, 11) is 0. The SMILES string of the molecule is Nc1nc(NCC(O)CO)cc(-c2cc(-c3ccc(O)cc3)ccc2O)n1. The van der Waals surface area contributed by atoms with Crippen LogP contribution in [0, 0.1) is 0 Å². The molecule has 1 atom stereocenters. The van der Waals surface area contributed by atoms with Crippen LogP contribution in [0.4, 0.5) is 11.8 Å². The summed E-state index contributed by atoms with van der Waals surface area (Å²) < 4.78 is 0. The molecule has 0 aliphatic carbocycles. The van der Waals surface area contributed by atoms with Crippen LogP contribution in [0.15, 0.2) is 48.5 Å².